The second-order valence-corrected chi connectivity index (χ2v) is 7.05. The average molecular weight is 342 g/mol. The minimum Gasteiger partial charge on any atom is -0.355 e. The molecule has 3 aromatic heterocycles. The van der Waals surface area contributed by atoms with Gasteiger partial charge in [-0.05, 0) is 36.8 Å². The largest absolute Gasteiger partial charge is 0.355 e. The molecule has 1 saturated heterocycles. The molecule has 1 amide bonds. The zero-order valence-electron chi connectivity index (χ0n) is 13.4. The van der Waals surface area contributed by atoms with Gasteiger partial charge >= 0.3 is 0 Å². The fraction of sp³-hybridized carbons (Fsp3) is 0.353. The summed E-state index contributed by atoms with van der Waals surface area (Å²) in [7, 11) is 0. The monoisotopic (exact) mass is 342 g/mol. The van der Waals surface area contributed by atoms with Gasteiger partial charge in [-0.1, -0.05) is 11.2 Å². The summed E-state index contributed by atoms with van der Waals surface area (Å²) in [6.07, 6.45) is 5.88. The van der Waals surface area contributed by atoms with E-state index in [9.17, 15) is 4.79 Å². The van der Waals surface area contributed by atoms with Crippen molar-refractivity contribution < 1.29 is 9.32 Å². The van der Waals surface area contributed by atoms with Crippen molar-refractivity contribution in [2.24, 2.45) is 0 Å². The van der Waals surface area contributed by atoms with Crippen molar-refractivity contribution in [1.82, 2.24) is 19.8 Å². The molecule has 1 aliphatic heterocycles. The normalized spacial score (nSPS) is 18.0. The molecule has 0 N–H and O–H groups in total. The number of nitrogens with zero attached hydrogens (tertiary/aromatic N) is 4. The van der Waals surface area contributed by atoms with Crippen LogP contribution in [0.2, 0.25) is 0 Å². The number of hydrogen-bond donors (Lipinski definition) is 0. The molecule has 0 aromatic carbocycles. The van der Waals surface area contributed by atoms with Crippen LogP contribution in [0.25, 0.3) is 10.6 Å². The van der Waals surface area contributed by atoms with Crippen LogP contribution in [0.4, 0.5) is 0 Å². The van der Waals surface area contributed by atoms with E-state index in [2.05, 4.69) is 10.3 Å². The number of hydrogen-bond acceptors (Lipinski definition) is 5. The van der Waals surface area contributed by atoms with Crippen LogP contribution >= 0.6 is 11.3 Å². The topological polar surface area (TPSA) is 64.2 Å². The third kappa shape index (κ3) is 2.87. The van der Waals surface area contributed by atoms with Crippen molar-refractivity contribution in [2.45, 2.75) is 25.8 Å². The predicted octanol–water partition coefficient (Wildman–Crippen LogP) is 3.39. The van der Waals surface area contributed by atoms with E-state index in [1.165, 1.54) is 0 Å². The highest BCUT2D eigenvalue weighted by Crippen LogP contribution is 2.27. The van der Waals surface area contributed by atoms with Gasteiger partial charge in [0.25, 0.3) is 5.91 Å². The van der Waals surface area contributed by atoms with Crippen LogP contribution in [0.15, 0.2) is 40.5 Å². The van der Waals surface area contributed by atoms with Gasteiger partial charge in [0.1, 0.15) is 0 Å². The maximum Gasteiger partial charge on any atom is 0.276 e. The molecule has 0 saturated carbocycles. The van der Waals surface area contributed by atoms with E-state index in [0.29, 0.717) is 18.0 Å². The highest BCUT2D eigenvalue weighted by Gasteiger charge is 2.28. The maximum atomic E-state index is 12.7. The molecule has 1 atom stereocenters. The zero-order valence-corrected chi connectivity index (χ0v) is 14.2. The Morgan fingerprint density at radius 2 is 2.38 bits per heavy atom. The van der Waals surface area contributed by atoms with Crippen LogP contribution in [-0.2, 0) is 0 Å². The minimum atomic E-state index is -0.0739. The Kier molecular flexibility index (Phi) is 3.93. The number of aromatic nitrogens is 3. The summed E-state index contributed by atoms with van der Waals surface area (Å²) in [5, 5.41) is 10.3. The Morgan fingerprint density at radius 1 is 1.46 bits per heavy atom. The van der Waals surface area contributed by atoms with Crippen LogP contribution in [0.1, 0.15) is 34.9 Å². The Hall–Kier alpha value is -2.41. The number of carbonyl (C=O) groups is 1. The van der Waals surface area contributed by atoms with E-state index in [1.54, 1.807) is 17.4 Å². The van der Waals surface area contributed by atoms with E-state index in [0.717, 1.165) is 29.8 Å². The summed E-state index contributed by atoms with van der Waals surface area (Å²) in [6, 6.07) is 5.86. The van der Waals surface area contributed by atoms with Crippen molar-refractivity contribution in [1.29, 1.82) is 0 Å². The first-order chi connectivity index (χ1) is 11.7. The number of thiophene rings is 1. The smallest absolute Gasteiger partial charge is 0.276 e. The van der Waals surface area contributed by atoms with E-state index >= 15 is 0 Å². The van der Waals surface area contributed by atoms with E-state index in [4.69, 9.17) is 4.52 Å². The van der Waals surface area contributed by atoms with Crippen LogP contribution in [0.5, 0.6) is 0 Å². The number of aryl methyl sites for hydroxylation is 1. The number of rotatable bonds is 3. The molecule has 1 fully saturated rings. The van der Waals surface area contributed by atoms with Gasteiger partial charge in [0.2, 0.25) is 0 Å². The molecule has 0 bridgehead atoms. The molecule has 0 radical (unpaired) electrons. The van der Waals surface area contributed by atoms with Crippen molar-refractivity contribution in [3.05, 3.63) is 47.2 Å². The van der Waals surface area contributed by atoms with Gasteiger partial charge < -0.3 is 9.42 Å². The van der Waals surface area contributed by atoms with E-state index in [-0.39, 0.29) is 11.9 Å². The first-order valence-electron chi connectivity index (χ1n) is 8.01. The fourth-order valence-electron chi connectivity index (χ4n) is 3.06. The SMILES string of the molecule is Cc1cnn([C@H]2CCCN(C(=O)c3cc(-c4cccs4)on3)C2)c1. The fourth-order valence-corrected chi connectivity index (χ4v) is 3.73. The summed E-state index contributed by atoms with van der Waals surface area (Å²) in [5.41, 5.74) is 1.51. The number of piperidine rings is 1. The first kappa shape index (κ1) is 15.1. The minimum absolute atomic E-state index is 0.0739. The number of amides is 1. The Bertz CT molecular complexity index is 837. The molecule has 124 valence electrons. The summed E-state index contributed by atoms with van der Waals surface area (Å²) >= 11 is 1.57. The van der Waals surface area contributed by atoms with Crippen molar-refractivity contribution >= 4 is 17.2 Å². The van der Waals surface area contributed by atoms with Gasteiger partial charge in [-0.15, -0.1) is 11.3 Å². The first-order valence-corrected chi connectivity index (χ1v) is 8.89. The molecule has 3 aromatic rings. The summed E-state index contributed by atoms with van der Waals surface area (Å²) in [6.45, 7) is 3.43. The zero-order chi connectivity index (χ0) is 16.5. The molecule has 0 spiro atoms. The molecule has 1 aliphatic rings. The van der Waals surface area contributed by atoms with Crippen LogP contribution < -0.4 is 0 Å². The predicted molar refractivity (Wildman–Crippen MR) is 91.0 cm³/mol. The van der Waals surface area contributed by atoms with E-state index in [1.807, 2.05) is 46.4 Å². The third-order valence-electron chi connectivity index (χ3n) is 4.28. The summed E-state index contributed by atoms with van der Waals surface area (Å²) in [5.74, 6) is 0.569. The Morgan fingerprint density at radius 3 is 3.12 bits per heavy atom. The molecular weight excluding hydrogens is 324 g/mol. The number of carbonyl (C=O) groups excluding carboxylic acids is 1. The van der Waals surface area contributed by atoms with Gasteiger partial charge in [0.15, 0.2) is 11.5 Å². The van der Waals surface area contributed by atoms with Gasteiger partial charge in [-0.3, -0.25) is 9.48 Å². The van der Waals surface area contributed by atoms with E-state index < -0.39 is 0 Å². The van der Waals surface area contributed by atoms with Gasteiger partial charge in [-0.2, -0.15) is 5.10 Å². The highest BCUT2D eigenvalue weighted by atomic mass is 32.1. The second kappa shape index (κ2) is 6.24. The van der Waals surface area contributed by atoms with Crippen molar-refractivity contribution in [2.75, 3.05) is 13.1 Å². The lowest BCUT2D eigenvalue weighted by Gasteiger charge is -2.32. The highest BCUT2D eigenvalue weighted by molar-refractivity contribution is 7.13. The maximum absolute atomic E-state index is 12.7. The molecule has 6 nitrogen and oxygen atoms in total. The molecule has 7 heteroatoms. The molecule has 4 heterocycles. The average Bonchev–Trinajstić information content (AvgIpc) is 3.34. The molecule has 4 rings (SSSR count). The van der Waals surface area contributed by atoms with Gasteiger partial charge in [0, 0.05) is 25.4 Å². The summed E-state index contributed by atoms with van der Waals surface area (Å²) in [4.78, 5) is 15.6. The Balaban J connectivity index is 1.50. The van der Waals surface area contributed by atoms with Crippen molar-refractivity contribution in [3.8, 4) is 10.6 Å². The van der Waals surface area contributed by atoms with Crippen LogP contribution in [0, 0.1) is 6.92 Å². The Labute approximate surface area is 143 Å². The lowest BCUT2D eigenvalue weighted by atomic mass is 10.1. The van der Waals surface area contributed by atoms with Gasteiger partial charge in [-0.25, -0.2) is 0 Å². The quantitative estimate of drug-likeness (QED) is 0.732. The lowest BCUT2D eigenvalue weighted by molar-refractivity contribution is 0.0662. The molecular formula is C17H18N4O2S. The van der Waals surface area contributed by atoms with Crippen LogP contribution in [0.3, 0.4) is 0 Å². The van der Waals surface area contributed by atoms with Gasteiger partial charge in [0.05, 0.1) is 17.1 Å². The summed E-state index contributed by atoms with van der Waals surface area (Å²) < 4.78 is 7.30. The standard InChI is InChI=1S/C17H18N4O2S/c1-12-9-18-21(10-12)13-4-2-6-20(11-13)17(22)14-8-15(23-19-14)16-5-3-7-24-16/h3,5,7-10,13H,2,4,6,11H2,1H3/t13-/m0/s1. The lowest BCUT2D eigenvalue weighted by Crippen LogP contribution is -2.41. The molecule has 0 unspecified atom stereocenters. The third-order valence-corrected chi connectivity index (χ3v) is 5.17. The van der Waals surface area contributed by atoms with Crippen molar-refractivity contribution in [3.63, 3.8) is 0 Å². The molecule has 0 aliphatic carbocycles. The number of likely N-dealkylation sites (tertiary alicyclic amines) is 1. The second-order valence-electron chi connectivity index (χ2n) is 6.10. The molecule has 24 heavy (non-hydrogen) atoms. The van der Waals surface area contributed by atoms with Crippen LogP contribution in [-0.4, -0.2) is 38.8 Å².